The number of nitriles is 1. The van der Waals surface area contributed by atoms with Crippen LogP contribution in [0.1, 0.15) is 12.5 Å². The van der Waals surface area contributed by atoms with Gasteiger partial charge in [0.15, 0.2) is 0 Å². The summed E-state index contributed by atoms with van der Waals surface area (Å²) in [5.41, 5.74) is 4.89. The Balaban J connectivity index is 1.97. The SMILES string of the molecule is C\C=C/C(C#N)=C\C=C\Cn1cc(-c2ccc(C)c(OC)c2)c2cccnc21. The van der Waals surface area contributed by atoms with E-state index in [1.807, 2.05) is 50.4 Å². The molecule has 4 heteroatoms. The van der Waals surface area contributed by atoms with E-state index in [9.17, 15) is 0 Å². The molecule has 0 saturated heterocycles. The second-order valence-corrected chi connectivity index (χ2v) is 6.42. The maximum Gasteiger partial charge on any atom is 0.140 e. The molecule has 4 nitrogen and oxygen atoms in total. The number of fused-ring (bicyclic) bond motifs is 1. The lowest BCUT2D eigenvalue weighted by Crippen LogP contribution is -1.93. The minimum atomic E-state index is 0.627. The summed E-state index contributed by atoms with van der Waals surface area (Å²) in [5, 5.41) is 10.2. The standard InChI is InChI=1S/C24H23N3O/c1-4-8-19(16-25)9-5-6-14-27-17-22(21-10-7-13-26-24(21)27)20-12-11-18(2)23(15-20)28-3/h4-13,15,17H,14H2,1-3H3/b6-5+,8-4-,19-9+. The second kappa shape index (κ2) is 8.88. The van der Waals surface area contributed by atoms with Gasteiger partial charge in [-0.05, 0) is 55.3 Å². The zero-order valence-corrected chi connectivity index (χ0v) is 16.4. The van der Waals surface area contributed by atoms with Gasteiger partial charge < -0.3 is 9.30 Å². The van der Waals surface area contributed by atoms with Crippen molar-refractivity contribution >= 4 is 11.0 Å². The molecule has 0 aliphatic carbocycles. The van der Waals surface area contributed by atoms with Crippen LogP contribution in [0.3, 0.4) is 0 Å². The number of nitrogens with zero attached hydrogens (tertiary/aromatic N) is 3. The molecule has 0 amide bonds. The highest BCUT2D eigenvalue weighted by molar-refractivity contribution is 5.94. The van der Waals surface area contributed by atoms with Crippen LogP contribution in [0.5, 0.6) is 5.75 Å². The van der Waals surface area contributed by atoms with Crippen LogP contribution in [0.4, 0.5) is 0 Å². The van der Waals surface area contributed by atoms with Gasteiger partial charge in [-0.3, -0.25) is 0 Å². The molecular weight excluding hydrogens is 346 g/mol. The fourth-order valence-electron chi connectivity index (χ4n) is 3.14. The summed E-state index contributed by atoms with van der Waals surface area (Å²) >= 11 is 0. The van der Waals surface area contributed by atoms with E-state index in [1.54, 1.807) is 13.2 Å². The minimum Gasteiger partial charge on any atom is -0.496 e. The Labute approximate surface area is 165 Å². The van der Waals surface area contributed by atoms with Crippen LogP contribution in [0, 0.1) is 18.3 Å². The molecule has 0 radical (unpaired) electrons. The first-order valence-corrected chi connectivity index (χ1v) is 9.16. The Hall–Kier alpha value is -3.58. The van der Waals surface area contributed by atoms with Crippen LogP contribution in [0.15, 0.2) is 78.7 Å². The number of rotatable bonds is 6. The van der Waals surface area contributed by atoms with E-state index in [0.29, 0.717) is 12.1 Å². The number of allylic oxidation sites excluding steroid dienone is 6. The maximum absolute atomic E-state index is 9.08. The zero-order chi connectivity index (χ0) is 19.9. The molecule has 0 spiro atoms. The third-order valence-corrected chi connectivity index (χ3v) is 4.54. The summed E-state index contributed by atoms with van der Waals surface area (Å²) < 4.78 is 7.60. The van der Waals surface area contributed by atoms with Crippen LogP contribution < -0.4 is 4.74 Å². The molecule has 1 aromatic carbocycles. The third-order valence-electron chi connectivity index (χ3n) is 4.54. The van der Waals surface area contributed by atoms with Gasteiger partial charge in [0.05, 0.1) is 18.8 Å². The van der Waals surface area contributed by atoms with Gasteiger partial charge in [0.2, 0.25) is 0 Å². The van der Waals surface area contributed by atoms with Crippen LogP contribution in [0.2, 0.25) is 0 Å². The van der Waals surface area contributed by atoms with E-state index in [2.05, 4.69) is 46.1 Å². The highest BCUT2D eigenvalue weighted by Crippen LogP contribution is 2.32. The molecule has 0 saturated carbocycles. The number of hydrogen-bond donors (Lipinski definition) is 0. The Morgan fingerprint density at radius 2 is 2.18 bits per heavy atom. The molecule has 0 fully saturated rings. The predicted molar refractivity (Wildman–Crippen MR) is 114 cm³/mol. The van der Waals surface area contributed by atoms with E-state index in [0.717, 1.165) is 33.5 Å². The molecule has 0 aliphatic heterocycles. The van der Waals surface area contributed by atoms with Crippen molar-refractivity contribution in [3.8, 4) is 22.9 Å². The van der Waals surface area contributed by atoms with E-state index >= 15 is 0 Å². The van der Waals surface area contributed by atoms with Crippen molar-refractivity contribution in [2.45, 2.75) is 20.4 Å². The molecule has 0 unspecified atom stereocenters. The zero-order valence-electron chi connectivity index (χ0n) is 16.4. The Kier molecular flexibility index (Phi) is 6.08. The number of ether oxygens (including phenoxy) is 1. The molecule has 0 bridgehead atoms. The van der Waals surface area contributed by atoms with Gasteiger partial charge in [-0.1, -0.05) is 30.4 Å². The summed E-state index contributed by atoms with van der Waals surface area (Å²) in [5.74, 6) is 0.875. The van der Waals surface area contributed by atoms with E-state index in [-0.39, 0.29) is 0 Å². The molecular formula is C24H23N3O. The molecule has 3 rings (SSSR count). The van der Waals surface area contributed by atoms with Crippen molar-refractivity contribution in [1.29, 1.82) is 5.26 Å². The van der Waals surface area contributed by atoms with E-state index in [1.165, 1.54) is 0 Å². The first-order chi connectivity index (χ1) is 13.7. The molecule has 28 heavy (non-hydrogen) atoms. The quantitative estimate of drug-likeness (QED) is 0.419. The Morgan fingerprint density at radius 3 is 2.93 bits per heavy atom. The predicted octanol–water partition coefficient (Wildman–Crippen LogP) is 5.60. The van der Waals surface area contributed by atoms with Crippen LogP contribution >= 0.6 is 0 Å². The summed E-state index contributed by atoms with van der Waals surface area (Å²) in [4.78, 5) is 4.57. The third kappa shape index (κ3) is 4.05. The molecule has 2 aromatic heterocycles. The molecule has 2 heterocycles. The van der Waals surface area contributed by atoms with Gasteiger partial charge in [0.25, 0.3) is 0 Å². The molecule has 3 aromatic rings. The van der Waals surface area contributed by atoms with Gasteiger partial charge in [0, 0.05) is 29.9 Å². The topological polar surface area (TPSA) is 50.8 Å². The minimum absolute atomic E-state index is 0.627. The summed E-state index contributed by atoms with van der Waals surface area (Å²) in [7, 11) is 1.69. The second-order valence-electron chi connectivity index (χ2n) is 6.42. The van der Waals surface area contributed by atoms with Crippen molar-refractivity contribution < 1.29 is 4.74 Å². The number of aromatic nitrogens is 2. The highest BCUT2D eigenvalue weighted by atomic mass is 16.5. The Bertz CT molecular complexity index is 1110. The van der Waals surface area contributed by atoms with Crippen molar-refractivity contribution in [3.63, 3.8) is 0 Å². The fourth-order valence-corrected chi connectivity index (χ4v) is 3.14. The molecule has 140 valence electrons. The number of aryl methyl sites for hydroxylation is 1. The number of methoxy groups -OCH3 is 1. The maximum atomic E-state index is 9.08. The lowest BCUT2D eigenvalue weighted by molar-refractivity contribution is 0.412. The van der Waals surface area contributed by atoms with E-state index < -0.39 is 0 Å². The van der Waals surface area contributed by atoms with E-state index in [4.69, 9.17) is 10.00 Å². The molecule has 0 atom stereocenters. The van der Waals surface area contributed by atoms with Crippen molar-refractivity contribution in [1.82, 2.24) is 9.55 Å². The normalized spacial score (nSPS) is 12.1. The number of hydrogen-bond acceptors (Lipinski definition) is 3. The van der Waals surface area contributed by atoms with Crippen molar-refractivity contribution in [2.75, 3.05) is 7.11 Å². The lowest BCUT2D eigenvalue weighted by Gasteiger charge is -2.07. The first-order valence-electron chi connectivity index (χ1n) is 9.16. The van der Waals surface area contributed by atoms with Gasteiger partial charge in [-0.15, -0.1) is 0 Å². The lowest BCUT2D eigenvalue weighted by atomic mass is 10.0. The van der Waals surface area contributed by atoms with Gasteiger partial charge >= 0.3 is 0 Å². The van der Waals surface area contributed by atoms with Crippen LogP contribution in [0.25, 0.3) is 22.2 Å². The first kappa shape index (κ1) is 19.2. The van der Waals surface area contributed by atoms with Gasteiger partial charge in [-0.25, -0.2) is 4.98 Å². The number of benzene rings is 1. The number of pyridine rings is 1. The fraction of sp³-hybridized carbons (Fsp3) is 0.167. The van der Waals surface area contributed by atoms with Gasteiger partial charge in [0.1, 0.15) is 11.4 Å². The smallest absolute Gasteiger partial charge is 0.140 e. The van der Waals surface area contributed by atoms with Crippen LogP contribution in [-0.2, 0) is 6.54 Å². The average molecular weight is 369 g/mol. The summed E-state index contributed by atoms with van der Waals surface area (Å²) in [6.07, 6.45) is 13.3. The largest absolute Gasteiger partial charge is 0.496 e. The van der Waals surface area contributed by atoms with Crippen LogP contribution in [-0.4, -0.2) is 16.7 Å². The molecule has 0 aliphatic rings. The van der Waals surface area contributed by atoms with Gasteiger partial charge in [-0.2, -0.15) is 5.26 Å². The van der Waals surface area contributed by atoms with Crippen molar-refractivity contribution in [2.24, 2.45) is 0 Å². The molecule has 0 N–H and O–H groups in total. The summed E-state index contributed by atoms with van der Waals surface area (Å²) in [6.45, 7) is 4.60. The van der Waals surface area contributed by atoms with Crippen molar-refractivity contribution in [3.05, 3.63) is 84.2 Å². The Morgan fingerprint density at radius 1 is 1.32 bits per heavy atom. The summed E-state index contributed by atoms with van der Waals surface area (Å²) in [6, 6.07) is 12.5. The average Bonchev–Trinajstić information content (AvgIpc) is 3.09. The monoisotopic (exact) mass is 369 g/mol. The highest BCUT2D eigenvalue weighted by Gasteiger charge is 2.12.